The predicted molar refractivity (Wildman–Crippen MR) is 34.7 cm³/mol. The predicted octanol–water partition coefficient (Wildman–Crippen LogP) is 1.68. The molecule has 0 fully saturated rings. The second-order valence-corrected chi connectivity index (χ2v) is 0.952. The summed E-state index contributed by atoms with van der Waals surface area (Å²) < 4.78 is 0. The number of halogens is 1. The van der Waals surface area contributed by atoms with Gasteiger partial charge in [-0.1, -0.05) is 0 Å². The van der Waals surface area contributed by atoms with E-state index in [1.807, 2.05) is 0 Å². The summed E-state index contributed by atoms with van der Waals surface area (Å²) in [5, 5.41) is 0. The van der Waals surface area contributed by atoms with Crippen LogP contribution in [0.15, 0.2) is 0 Å². The molecule has 0 heterocycles. The first-order valence-corrected chi connectivity index (χ1v) is 10.9. The van der Waals surface area contributed by atoms with E-state index in [-0.39, 0.29) is 5.78 Å². The molecule has 0 bridgehead atoms. The fourth-order valence-corrected chi connectivity index (χ4v) is 0. The minimum absolute atomic E-state index is 0.144. The zero-order valence-electron chi connectivity index (χ0n) is 4.41. The van der Waals surface area contributed by atoms with E-state index in [4.69, 9.17) is 0 Å². The maximum absolute atomic E-state index is 9.75. The molecule has 7 heavy (non-hydrogen) atoms. The van der Waals surface area contributed by atoms with Gasteiger partial charge in [0.1, 0.15) is 0 Å². The van der Waals surface area contributed by atoms with E-state index < -0.39 is 0 Å². The van der Waals surface area contributed by atoms with Crippen molar-refractivity contribution in [3.63, 3.8) is 0 Å². The van der Waals surface area contributed by atoms with E-state index in [1.165, 1.54) is 21.7 Å². The minimum atomic E-state index is 0.144. The van der Waals surface area contributed by atoms with Crippen LogP contribution in [0.1, 0.15) is 13.3 Å². The Bertz CT molecular complexity index is 47.0. The Morgan fingerprint density at radius 2 is 2.00 bits per heavy atom. The van der Waals surface area contributed by atoms with Gasteiger partial charge >= 0.3 is 34.5 Å². The van der Waals surface area contributed by atoms with Crippen molar-refractivity contribution < 1.29 is 19.6 Å². The van der Waals surface area contributed by atoms with Crippen LogP contribution in [0.3, 0.4) is 0 Å². The van der Waals surface area contributed by atoms with E-state index >= 15 is 0 Å². The fraction of sp³-hybridized carbons (Fsp3) is 0.500. The van der Waals surface area contributed by atoms with Gasteiger partial charge < -0.3 is 11.7 Å². The molecule has 0 saturated carbocycles. The monoisotopic (exact) mass is 262 g/mol. The van der Waals surface area contributed by atoms with Gasteiger partial charge in [-0.3, -0.25) is 0 Å². The Morgan fingerprint density at radius 1 is 1.86 bits per heavy atom. The molecule has 0 unspecified atom stereocenters. The molecular weight excluding hydrogens is 256 g/mol. The second-order valence-electron chi connectivity index (χ2n) is 0.952. The third kappa shape index (κ3) is 19.4. The fourth-order valence-electron chi connectivity index (χ4n) is 0. The SMILES string of the molecule is [CH2-]CC(C)=O.[Zn+][I]. The Labute approximate surface area is 65.1 Å². The molecule has 0 aromatic heterocycles. The molecule has 0 aromatic rings. The normalized spacial score (nSPS) is 6.43. The quantitative estimate of drug-likeness (QED) is 0.400. The van der Waals surface area contributed by atoms with Crippen LogP contribution >= 0.6 is 19.8 Å². The van der Waals surface area contributed by atoms with Crippen molar-refractivity contribution in [1.82, 2.24) is 0 Å². The topological polar surface area (TPSA) is 17.1 Å². The average Bonchev–Trinajstić information content (AvgIpc) is 1.73. The summed E-state index contributed by atoms with van der Waals surface area (Å²) in [7, 11) is 0. The first-order chi connectivity index (χ1) is 3.27. The summed E-state index contributed by atoms with van der Waals surface area (Å²) in [4.78, 5) is 9.75. The molecular formula is C4H7IOZn. The van der Waals surface area contributed by atoms with Gasteiger partial charge in [-0.2, -0.15) is 0 Å². The summed E-state index contributed by atoms with van der Waals surface area (Å²) in [6, 6.07) is 0. The molecule has 0 atom stereocenters. The molecule has 0 N–H and O–H groups in total. The first-order valence-electron chi connectivity index (χ1n) is 1.82. The zero-order valence-corrected chi connectivity index (χ0v) is 9.53. The molecule has 0 radical (unpaired) electrons. The van der Waals surface area contributed by atoms with Crippen LogP contribution in [0.2, 0.25) is 0 Å². The number of hydrogen-bond donors (Lipinski definition) is 0. The molecule has 0 saturated heterocycles. The van der Waals surface area contributed by atoms with Crippen molar-refractivity contribution in [2.45, 2.75) is 13.3 Å². The van der Waals surface area contributed by atoms with Crippen LogP contribution in [0, 0.1) is 6.92 Å². The van der Waals surface area contributed by atoms with Gasteiger partial charge in [0, 0.05) is 0 Å². The molecule has 0 spiro atoms. The number of Topliss-reactive ketones (excluding diaryl/α,β-unsaturated/α-hetero) is 1. The van der Waals surface area contributed by atoms with Gasteiger partial charge in [-0.05, 0) is 6.92 Å². The van der Waals surface area contributed by atoms with Crippen LogP contribution in [0.5, 0.6) is 0 Å². The van der Waals surface area contributed by atoms with E-state index in [0.717, 1.165) is 0 Å². The van der Waals surface area contributed by atoms with E-state index in [2.05, 4.69) is 26.7 Å². The average molecular weight is 263 g/mol. The summed E-state index contributed by atoms with van der Waals surface area (Å²) in [5.74, 6) is 0.144. The Hall–Kier alpha value is 1.02. The first kappa shape index (κ1) is 10.9. The number of ketones is 1. The zero-order chi connectivity index (χ0) is 6.28. The van der Waals surface area contributed by atoms with Crippen molar-refractivity contribution >= 4 is 25.5 Å². The third-order valence-corrected chi connectivity index (χ3v) is 0.352. The maximum atomic E-state index is 9.75. The molecule has 38 valence electrons. The number of carbonyl (C=O) groups is 1. The van der Waals surface area contributed by atoms with Crippen molar-refractivity contribution in [3.05, 3.63) is 6.92 Å². The summed E-state index contributed by atoms with van der Waals surface area (Å²) >= 11 is 3.62. The van der Waals surface area contributed by atoms with Gasteiger partial charge in [0.15, 0.2) is 0 Å². The van der Waals surface area contributed by atoms with Gasteiger partial charge in [0.05, 0.1) is 5.78 Å². The summed E-state index contributed by atoms with van der Waals surface area (Å²) in [5.41, 5.74) is 0. The summed E-state index contributed by atoms with van der Waals surface area (Å²) in [6.45, 7) is 4.86. The van der Waals surface area contributed by atoms with E-state index in [1.54, 1.807) is 0 Å². The van der Waals surface area contributed by atoms with Crippen molar-refractivity contribution in [2.24, 2.45) is 0 Å². The summed E-state index contributed by atoms with van der Waals surface area (Å²) in [6.07, 6.45) is 0.417. The molecule has 3 heteroatoms. The van der Waals surface area contributed by atoms with Crippen LogP contribution in [0.4, 0.5) is 0 Å². The van der Waals surface area contributed by atoms with E-state index in [9.17, 15) is 4.79 Å². The molecule has 0 aliphatic carbocycles. The molecule has 0 aliphatic heterocycles. The van der Waals surface area contributed by atoms with Crippen LogP contribution in [0.25, 0.3) is 0 Å². The van der Waals surface area contributed by atoms with Crippen molar-refractivity contribution in [2.75, 3.05) is 0 Å². The Kier molecular flexibility index (Phi) is 15.7. The Morgan fingerprint density at radius 3 is 2.00 bits per heavy atom. The molecule has 0 amide bonds. The van der Waals surface area contributed by atoms with Crippen LogP contribution in [-0.4, -0.2) is 5.78 Å². The third-order valence-electron chi connectivity index (χ3n) is 0.352. The number of hydrogen-bond acceptors (Lipinski definition) is 1. The van der Waals surface area contributed by atoms with Gasteiger partial charge in [0.2, 0.25) is 0 Å². The van der Waals surface area contributed by atoms with E-state index in [0.29, 0.717) is 6.42 Å². The molecule has 0 aromatic carbocycles. The Balaban J connectivity index is 0. The van der Waals surface area contributed by atoms with Crippen LogP contribution < -0.4 is 0 Å². The molecule has 0 aliphatic rings. The van der Waals surface area contributed by atoms with Crippen molar-refractivity contribution in [1.29, 1.82) is 0 Å². The molecule has 1 nitrogen and oxygen atoms in total. The van der Waals surface area contributed by atoms with Gasteiger partial charge in [-0.25, -0.2) is 0 Å². The van der Waals surface area contributed by atoms with Crippen LogP contribution in [-0.2, 0) is 19.6 Å². The standard InChI is InChI=1S/C4H7O.HI.Zn/c1-3-4(2)5;;/h1,3H2,2H3;1H;/q-1;;+2/p-1. The van der Waals surface area contributed by atoms with Crippen molar-refractivity contribution in [3.8, 4) is 0 Å². The molecule has 0 rings (SSSR count). The number of rotatable bonds is 1. The van der Waals surface area contributed by atoms with Gasteiger partial charge in [-0.15, -0.1) is 6.42 Å². The van der Waals surface area contributed by atoms with Gasteiger partial charge in [0.25, 0.3) is 0 Å². The number of carbonyl (C=O) groups excluding carboxylic acids is 1. The second kappa shape index (κ2) is 10.1.